The Kier molecular flexibility index (Phi) is 4.01. The quantitative estimate of drug-likeness (QED) is 0.645. The fourth-order valence-corrected chi connectivity index (χ4v) is 4.11. The summed E-state index contributed by atoms with van der Waals surface area (Å²) in [5.74, 6) is 0.0484. The molecule has 1 aliphatic carbocycles. The number of fused-ring (bicyclic) bond motifs is 1. The summed E-state index contributed by atoms with van der Waals surface area (Å²) in [5.41, 5.74) is 2.33. The minimum Gasteiger partial charge on any atom is -0.496 e. The molecule has 1 unspecified atom stereocenters. The van der Waals surface area contributed by atoms with Gasteiger partial charge in [-0.15, -0.1) is 0 Å². The van der Waals surface area contributed by atoms with Crippen molar-refractivity contribution in [2.24, 2.45) is 5.92 Å². The van der Waals surface area contributed by atoms with Crippen molar-refractivity contribution in [3.05, 3.63) is 28.8 Å². The van der Waals surface area contributed by atoms with Gasteiger partial charge in [0.1, 0.15) is 18.1 Å². The molecule has 4 rings (SSSR count). The molecule has 3 aliphatic rings. The number of imide groups is 1. The predicted octanol–water partition coefficient (Wildman–Crippen LogP) is 1.15. The molecule has 1 atom stereocenters. The molecular weight excluding hydrogens is 336 g/mol. The van der Waals surface area contributed by atoms with Crippen LogP contribution in [-0.4, -0.2) is 42.1 Å². The van der Waals surface area contributed by atoms with Crippen LogP contribution < -0.4 is 10.1 Å². The Morgan fingerprint density at radius 2 is 2.00 bits per heavy atom. The molecule has 1 aromatic rings. The van der Waals surface area contributed by atoms with E-state index in [2.05, 4.69) is 5.32 Å². The van der Waals surface area contributed by atoms with E-state index in [0.29, 0.717) is 24.3 Å². The van der Waals surface area contributed by atoms with Crippen LogP contribution in [0.3, 0.4) is 0 Å². The molecule has 1 saturated carbocycles. The summed E-state index contributed by atoms with van der Waals surface area (Å²) in [5, 5.41) is 2.31. The van der Waals surface area contributed by atoms with Crippen LogP contribution in [0.15, 0.2) is 12.1 Å². The van der Waals surface area contributed by atoms with Gasteiger partial charge in [-0.25, -0.2) is 0 Å². The average Bonchev–Trinajstić information content (AvgIpc) is 2.90. The number of carbonyl (C=O) groups is 4. The van der Waals surface area contributed by atoms with E-state index >= 15 is 0 Å². The van der Waals surface area contributed by atoms with E-state index in [1.807, 2.05) is 12.1 Å². The van der Waals surface area contributed by atoms with E-state index < -0.39 is 11.9 Å². The number of amides is 3. The fraction of sp³-hybridized carbons (Fsp3) is 0.474. The summed E-state index contributed by atoms with van der Waals surface area (Å²) in [4.78, 5) is 48.8. The lowest BCUT2D eigenvalue weighted by Gasteiger charge is -2.32. The zero-order valence-corrected chi connectivity index (χ0v) is 14.5. The number of nitrogens with zero attached hydrogens (tertiary/aromatic N) is 1. The van der Waals surface area contributed by atoms with E-state index in [-0.39, 0.29) is 30.1 Å². The molecule has 1 saturated heterocycles. The van der Waals surface area contributed by atoms with Crippen molar-refractivity contribution in [1.82, 2.24) is 10.2 Å². The Morgan fingerprint density at radius 3 is 2.65 bits per heavy atom. The molecule has 136 valence electrons. The maximum atomic E-state index is 12.9. The number of carbonyl (C=O) groups excluding carboxylic acids is 4. The molecular formula is C19H20N2O5. The van der Waals surface area contributed by atoms with Gasteiger partial charge in [-0.3, -0.25) is 19.7 Å². The predicted molar refractivity (Wildman–Crippen MR) is 90.6 cm³/mol. The monoisotopic (exact) mass is 356 g/mol. The van der Waals surface area contributed by atoms with Gasteiger partial charge in [-0.05, 0) is 42.9 Å². The van der Waals surface area contributed by atoms with E-state index in [0.717, 1.165) is 30.3 Å². The highest BCUT2D eigenvalue weighted by atomic mass is 16.5. The highest BCUT2D eigenvalue weighted by Gasteiger charge is 2.41. The third-order valence-electron chi connectivity index (χ3n) is 5.70. The van der Waals surface area contributed by atoms with Gasteiger partial charge in [-0.2, -0.15) is 0 Å². The number of hydrogen-bond acceptors (Lipinski definition) is 5. The van der Waals surface area contributed by atoms with Gasteiger partial charge in [0.2, 0.25) is 11.8 Å². The maximum absolute atomic E-state index is 12.9. The second-order valence-corrected chi connectivity index (χ2v) is 7.21. The minimum atomic E-state index is -0.635. The largest absolute Gasteiger partial charge is 0.496 e. The molecule has 0 bridgehead atoms. The van der Waals surface area contributed by atoms with Crippen molar-refractivity contribution < 1.29 is 23.9 Å². The summed E-state index contributed by atoms with van der Waals surface area (Å²) in [7, 11) is 1.56. The van der Waals surface area contributed by atoms with Crippen LogP contribution in [-0.2, 0) is 20.9 Å². The zero-order chi connectivity index (χ0) is 18.4. The fourth-order valence-electron chi connectivity index (χ4n) is 4.11. The number of piperidine rings is 1. The van der Waals surface area contributed by atoms with Crippen LogP contribution in [0.1, 0.15) is 53.1 Å². The normalized spacial score (nSPS) is 27.7. The standard InChI is InChI=1S/C19H20N2O5/c1-26-16-7-12(11-4-10(5-11)9-22)6-13-14(16)8-21(19(13)25)15-2-3-17(23)20-18(15)24/h6-7,9-11,15H,2-5,8H2,1H3,(H,20,23,24). The van der Waals surface area contributed by atoms with Gasteiger partial charge in [0, 0.05) is 23.5 Å². The Hall–Kier alpha value is -2.70. The van der Waals surface area contributed by atoms with Gasteiger partial charge >= 0.3 is 0 Å². The van der Waals surface area contributed by atoms with Gasteiger partial charge in [0.25, 0.3) is 5.91 Å². The van der Waals surface area contributed by atoms with Gasteiger partial charge < -0.3 is 14.4 Å². The second-order valence-electron chi connectivity index (χ2n) is 7.21. The van der Waals surface area contributed by atoms with Crippen molar-refractivity contribution in [2.75, 3.05) is 7.11 Å². The summed E-state index contributed by atoms with van der Waals surface area (Å²) >= 11 is 0. The topological polar surface area (TPSA) is 92.8 Å². The zero-order valence-electron chi connectivity index (χ0n) is 14.5. The van der Waals surface area contributed by atoms with Crippen LogP contribution in [0.25, 0.3) is 0 Å². The summed E-state index contributed by atoms with van der Waals surface area (Å²) < 4.78 is 5.49. The van der Waals surface area contributed by atoms with Gasteiger partial charge in [0.05, 0.1) is 13.7 Å². The van der Waals surface area contributed by atoms with E-state index in [1.54, 1.807) is 7.11 Å². The SMILES string of the molecule is COc1cc(C2CC(C=O)C2)cc2c1CN(C1CCC(=O)NC1=O)C2=O. The third-order valence-corrected chi connectivity index (χ3v) is 5.70. The molecule has 2 aliphatic heterocycles. The lowest BCUT2D eigenvalue weighted by molar-refractivity contribution is -0.136. The van der Waals surface area contributed by atoms with Crippen LogP contribution >= 0.6 is 0 Å². The van der Waals surface area contributed by atoms with Crippen LogP contribution in [0.4, 0.5) is 0 Å². The first-order valence-corrected chi connectivity index (χ1v) is 8.82. The van der Waals surface area contributed by atoms with E-state index in [4.69, 9.17) is 4.74 Å². The summed E-state index contributed by atoms with van der Waals surface area (Å²) in [6.07, 6.45) is 3.13. The Bertz CT molecular complexity index is 812. The van der Waals surface area contributed by atoms with Crippen molar-refractivity contribution in [3.63, 3.8) is 0 Å². The first-order chi connectivity index (χ1) is 12.5. The lowest BCUT2D eigenvalue weighted by Crippen LogP contribution is -2.52. The highest BCUT2D eigenvalue weighted by Crippen LogP contribution is 2.44. The molecule has 1 N–H and O–H groups in total. The molecule has 2 heterocycles. The molecule has 7 heteroatoms. The van der Waals surface area contributed by atoms with Crippen molar-refractivity contribution in [2.45, 2.75) is 44.2 Å². The first-order valence-electron chi connectivity index (χ1n) is 8.82. The highest BCUT2D eigenvalue weighted by molar-refractivity contribution is 6.05. The molecule has 0 spiro atoms. The number of nitrogens with one attached hydrogen (secondary N) is 1. The molecule has 26 heavy (non-hydrogen) atoms. The minimum absolute atomic E-state index is 0.0925. The Morgan fingerprint density at radius 1 is 1.23 bits per heavy atom. The molecule has 0 aromatic heterocycles. The first kappa shape index (κ1) is 16.8. The Labute approximate surface area is 150 Å². The number of rotatable bonds is 4. The number of methoxy groups -OCH3 is 1. The average molecular weight is 356 g/mol. The van der Waals surface area contributed by atoms with E-state index in [9.17, 15) is 19.2 Å². The Balaban J connectivity index is 1.62. The lowest BCUT2D eigenvalue weighted by atomic mass is 9.72. The smallest absolute Gasteiger partial charge is 0.255 e. The van der Waals surface area contributed by atoms with Crippen molar-refractivity contribution in [1.29, 1.82) is 0 Å². The van der Waals surface area contributed by atoms with Crippen LogP contribution in [0.5, 0.6) is 5.75 Å². The van der Waals surface area contributed by atoms with E-state index in [1.165, 1.54) is 4.90 Å². The number of aldehydes is 1. The van der Waals surface area contributed by atoms with Crippen LogP contribution in [0.2, 0.25) is 0 Å². The second kappa shape index (κ2) is 6.23. The van der Waals surface area contributed by atoms with Crippen LogP contribution in [0, 0.1) is 5.92 Å². The van der Waals surface area contributed by atoms with Crippen molar-refractivity contribution in [3.8, 4) is 5.75 Å². The molecule has 3 amide bonds. The van der Waals surface area contributed by atoms with Gasteiger partial charge in [0.15, 0.2) is 0 Å². The molecule has 2 fully saturated rings. The molecule has 7 nitrogen and oxygen atoms in total. The molecule has 0 radical (unpaired) electrons. The molecule has 1 aromatic carbocycles. The summed E-state index contributed by atoms with van der Waals surface area (Å²) in [6.45, 7) is 0.297. The van der Waals surface area contributed by atoms with Crippen molar-refractivity contribution >= 4 is 24.0 Å². The summed E-state index contributed by atoms with van der Waals surface area (Å²) in [6, 6.07) is 3.17. The maximum Gasteiger partial charge on any atom is 0.255 e. The van der Waals surface area contributed by atoms with Gasteiger partial charge in [-0.1, -0.05) is 0 Å². The number of benzene rings is 1. The third kappa shape index (κ3) is 2.58. The number of hydrogen-bond donors (Lipinski definition) is 1. The number of ether oxygens (including phenoxy) is 1.